The van der Waals surface area contributed by atoms with Gasteiger partial charge >= 0.3 is 0 Å². The van der Waals surface area contributed by atoms with E-state index in [1.54, 1.807) is 11.3 Å². The summed E-state index contributed by atoms with van der Waals surface area (Å²) < 4.78 is 1.99. The van der Waals surface area contributed by atoms with Crippen molar-refractivity contribution in [3.8, 4) is 0 Å². The number of aromatic nitrogens is 2. The average Bonchev–Trinajstić information content (AvgIpc) is 3.06. The van der Waals surface area contributed by atoms with E-state index in [9.17, 15) is 4.79 Å². The Morgan fingerprint density at radius 2 is 2.17 bits per heavy atom. The second-order valence-corrected chi connectivity index (χ2v) is 7.50. The molecule has 0 spiro atoms. The van der Waals surface area contributed by atoms with E-state index in [-0.39, 0.29) is 5.91 Å². The van der Waals surface area contributed by atoms with E-state index < -0.39 is 0 Å². The maximum Gasteiger partial charge on any atom is 0.261 e. The molecule has 24 heavy (non-hydrogen) atoms. The number of carbonyl (C=O) groups is 1. The summed E-state index contributed by atoms with van der Waals surface area (Å²) in [5.74, 6) is 0.0181. The molecule has 1 aliphatic rings. The molecule has 1 N–H and O–H groups in total. The summed E-state index contributed by atoms with van der Waals surface area (Å²) >= 11 is 1.61. The predicted molar refractivity (Wildman–Crippen MR) is 99.1 cm³/mol. The van der Waals surface area contributed by atoms with Gasteiger partial charge in [-0.15, -0.1) is 11.3 Å². The fourth-order valence-electron chi connectivity index (χ4n) is 3.35. The maximum absolute atomic E-state index is 12.6. The highest BCUT2D eigenvalue weighted by Gasteiger charge is 2.20. The van der Waals surface area contributed by atoms with E-state index in [1.807, 2.05) is 11.6 Å². The van der Waals surface area contributed by atoms with Gasteiger partial charge in [-0.3, -0.25) is 9.48 Å². The summed E-state index contributed by atoms with van der Waals surface area (Å²) in [5, 5.41) is 8.84. The SMILES string of the molecule is CCn1nc(C)c(CNC(=O)c2cc3c(s2)N(C)CCCC3)c1C. The predicted octanol–water partition coefficient (Wildman–Crippen LogP) is 3.28. The highest BCUT2D eigenvalue weighted by Crippen LogP contribution is 2.34. The first-order chi connectivity index (χ1) is 11.5. The molecule has 130 valence electrons. The van der Waals surface area contributed by atoms with E-state index in [1.165, 1.54) is 23.4 Å². The largest absolute Gasteiger partial charge is 0.366 e. The third kappa shape index (κ3) is 3.20. The number of anilines is 1. The van der Waals surface area contributed by atoms with Gasteiger partial charge in [-0.1, -0.05) is 0 Å². The molecule has 3 rings (SSSR count). The number of rotatable bonds is 4. The molecule has 3 heterocycles. The van der Waals surface area contributed by atoms with Gasteiger partial charge < -0.3 is 10.2 Å². The lowest BCUT2D eigenvalue weighted by Crippen LogP contribution is -2.22. The highest BCUT2D eigenvalue weighted by molar-refractivity contribution is 7.18. The van der Waals surface area contributed by atoms with E-state index >= 15 is 0 Å². The molecule has 1 aliphatic heterocycles. The Kier molecular flexibility index (Phi) is 4.94. The molecule has 0 unspecified atom stereocenters. The fraction of sp³-hybridized carbons (Fsp3) is 0.556. The van der Waals surface area contributed by atoms with Crippen molar-refractivity contribution in [1.29, 1.82) is 0 Å². The molecule has 0 saturated heterocycles. The summed E-state index contributed by atoms with van der Waals surface area (Å²) in [6.45, 7) is 8.61. The van der Waals surface area contributed by atoms with Crippen LogP contribution in [0, 0.1) is 13.8 Å². The van der Waals surface area contributed by atoms with Gasteiger partial charge in [-0.05, 0) is 51.7 Å². The van der Waals surface area contributed by atoms with Crippen molar-refractivity contribution in [2.45, 2.75) is 53.1 Å². The molecular weight excluding hydrogens is 320 g/mol. The average molecular weight is 347 g/mol. The molecule has 0 fully saturated rings. The molecule has 0 radical (unpaired) electrons. The number of hydrogen-bond acceptors (Lipinski definition) is 4. The van der Waals surface area contributed by atoms with Crippen LogP contribution < -0.4 is 10.2 Å². The molecule has 1 amide bonds. The Bertz CT molecular complexity index is 747. The minimum Gasteiger partial charge on any atom is -0.366 e. The first kappa shape index (κ1) is 17.0. The smallest absolute Gasteiger partial charge is 0.261 e. The summed E-state index contributed by atoms with van der Waals surface area (Å²) in [6, 6.07) is 2.08. The number of carbonyl (C=O) groups excluding carboxylic acids is 1. The number of thiophene rings is 1. The van der Waals surface area contributed by atoms with E-state index in [2.05, 4.69) is 42.3 Å². The van der Waals surface area contributed by atoms with Crippen LogP contribution in [0.5, 0.6) is 0 Å². The van der Waals surface area contributed by atoms with Gasteiger partial charge in [0.15, 0.2) is 0 Å². The Labute approximate surface area is 147 Å². The maximum atomic E-state index is 12.6. The molecular formula is C18H26N4OS. The van der Waals surface area contributed by atoms with E-state index in [0.29, 0.717) is 6.54 Å². The highest BCUT2D eigenvalue weighted by atomic mass is 32.1. The number of fused-ring (bicyclic) bond motifs is 1. The first-order valence-electron chi connectivity index (χ1n) is 8.66. The van der Waals surface area contributed by atoms with Crippen molar-refractivity contribution in [1.82, 2.24) is 15.1 Å². The van der Waals surface area contributed by atoms with Gasteiger partial charge in [-0.25, -0.2) is 0 Å². The molecule has 2 aromatic rings. The Balaban J connectivity index is 1.72. The number of nitrogens with zero attached hydrogens (tertiary/aromatic N) is 3. The van der Waals surface area contributed by atoms with E-state index in [4.69, 9.17) is 0 Å². The van der Waals surface area contributed by atoms with Crippen molar-refractivity contribution in [3.05, 3.63) is 33.5 Å². The summed E-state index contributed by atoms with van der Waals surface area (Å²) in [4.78, 5) is 15.7. The molecule has 2 aromatic heterocycles. The summed E-state index contributed by atoms with van der Waals surface area (Å²) in [6.07, 6.45) is 3.49. The second kappa shape index (κ2) is 6.97. The van der Waals surface area contributed by atoms with Crippen LogP contribution in [0.3, 0.4) is 0 Å². The second-order valence-electron chi connectivity index (χ2n) is 6.47. The Hall–Kier alpha value is -1.82. The zero-order valence-corrected chi connectivity index (χ0v) is 15.8. The van der Waals surface area contributed by atoms with Gasteiger partial charge in [0.05, 0.1) is 15.6 Å². The normalized spacial score (nSPS) is 14.4. The number of hydrogen-bond donors (Lipinski definition) is 1. The zero-order valence-electron chi connectivity index (χ0n) is 15.0. The van der Waals surface area contributed by atoms with Crippen LogP contribution in [-0.2, 0) is 19.5 Å². The van der Waals surface area contributed by atoms with Crippen LogP contribution in [0.15, 0.2) is 6.07 Å². The zero-order chi connectivity index (χ0) is 17.3. The molecule has 0 aliphatic carbocycles. The lowest BCUT2D eigenvalue weighted by Gasteiger charge is -2.15. The van der Waals surface area contributed by atoms with Gasteiger partial charge in [0.1, 0.15) is 0 Å². The molecule has 0 bridgehead atoms. The van der Waals surface area contributed by atoms with Crippen molar-refractivity contribution in [3.63, 3.8) is 0 Å². The van der Waals surface area contributed by atoms with Crippen molar-refractivity contribution in [2.75, 3.05) is 18.5 Å². The minimum atomic E-state index is 0.0181. The minimum absolute atomic E-state index is 0.0181. The number of amides is 1. The van der Waals surface area contributed by atoms with Crippen molar-refractivity contribution >= 4 is 22.2 Å². The standard InChI is InChI=1S/C18H26N4OS/c1-5-22-13(3)15(12(2)20-22)11-19-17(23)16-10-14-8-6-7-9-21(4)18(14)24-16/h10H,5-9,11H2,1-4H3,(H,19,23). The molecule has 0 aromatic carbocycles. The monoisotopic (exact) mass is 346 g/mol. The van der Waals surface area contributed by atoms with Crippen molar-refractivity contribution in [2.24, 2.45) is 0 Å². The van der Waals surface area contributed by atoms with Gasteiger partial charge in [0.2, 0.25) is 0 Å². The van der Waals surface area contributed by atoms with Gasteiger partial charge in [0, 0.05) is 37.9 Å². The van der Waals surface area contributed by atoms with Crippen LogP contribution in [-0.4, -0.2) is 29.3 Å². The first-order valence-corrected chi connectivity index (χ1v) is 9.47. The summed E-state index contributed by atoms with van der Waals surface area (Å²) in [7, 11) is 2.12. The summed E-state index contributed by atoms with van der Waals surface area (Å²) in [5.41, 5.74) is 4.57. The Morgan fingerprint density at radius 3 is 2.88 bits per heavy atom. The molecule has 0 saturated carbocycles. The van der Waals surface area contributed by atoms with Crippen LogP contribution >= 0.6 is 11.3 Å². The third-order valence-corrected chi connectivity index (χ3v) is 6.09. The van der Waals surface area contributed by atoms with Crippen LogP contribution in [0.25, 0.3) is 0 Å². The molecule has 0 atom stereocenters. The fourth-order valence-corrected chi connectivity index (χ4v) is 4.47. The van der Waals surface area contributed by atoms with Crippen LogP contribution in [0.4, 0.5) is 5.00 Å². The Morgan fingerprint density at radius 1 is 1.38 bits per heavy atom. The topological polar surface area (TPSA) is 50.2 Å². The van der Waals surface area contributed by atoms with E-state index in [0.717, 1.165) is 41.3 Å². The van der Waals surface area contributed by atoms with Crippen molar-refractivity contribution < 1.29 is 4.79 Å². The van der Waals surface area contributed by atoms with Crippen LogP contribution in [0.2, 0.25) is 0 Å². The van der Waals surface area contributed by atoms with Gasteiger partial charge in [0.25, 0.3) is 5.91 Å². The molecule has 6 heteroatoms. The lowest BCUT2D eigenvalue weighted by atomic mass is 10.1. The quantitative estimate of drug-likeness (QED) is 0.924. The molecule has 5 nitrogen and oxygen atoms in total. The lowest BCUT2D eigenvalue weighted by molar-refractivity contribution is 0.0955. The number of aryl methyl sites for hydroxylation is 3. The van der Waals surface area contributed by atoms with Gasteiger partial charge in [-0.2, -0.15) is 5.10 Å². The van der Waals surface area contributed by atoms with Crippen LogP contribution in [0.1, 0.15) is 52.0 Å². The third-order valence-electron chi connectivity index (χ3n) is 4.80. The number of nitrogens with one attached hydrogen (secondary N) is 1.